The van der Waals surface area contributed by atoms with E-state index in [1.165, 1.54) is 6.20 Å². The molecule has 4 heteroatoms. The molecular weight excluding hydrogens is 164 g/mol. The van der Waals surface area contributed by atoms with E-state index >= 15 is 0 Å². The molecule has 2 aromatic heterocycles. The first kappa shape index (κ1) is 6.49. The van der Waals surface area contributed by atoms with Crippen LogP contribution in [-0.2, 0) is 0 Å². The number of hydrogen-bond acceptors (Lipinski definition) is 2. The minimum Gasteiger partial charge on any atom is -0.493 e. The van der Waals surface area contributed by atoms with Crippen LogP contribution in [0.2, 0.25) is 5.02 Å². The molecule has 0 unspecified atom stereocenters. The van der Waals surface area contributed by atoms with Gasteiger partial charge in [0.25, 0.3) is 0 Å². The van der Waals surface area contributed by atoms with E-state index in [0.29, 0.717) is 10.7 Å². The Hall–Kier alpha value is -1.22. The van der Waals surface area contributed by atoms with Gasteiger partial charge in [0.15, 0.2) is 0 Å². The molecule has 0 amide bonds. The molecule has 0 aliphatic heterocycles. The van der Waals surface area contributed by atoms with Crippen molar-refractivity contribution >= 4 is 17.2 Å². The Labute approximate surface area is 67.9 Å². The molecule has 0 aliphatic rings. The van der Waals surface area contributed by atoms with Crippen molar-refractivity contribution in [2.24, 2.45) is 0 Å². The summed E-state index contributed by atoms with van der Waals surface area (Å²) in [5.41, 5.74) is 0.648. The van der Waals surface area contributed by atoms with E-state index in [0.717, 1.165) is 0 Å². The van der Waals surface area contributed by atoms with Crippen LogP contribution in [0.3, 0.4) is 0 Å². The smallest absolute Gasteiger partial charge is 0.215 e. The molecule has 0 atom stereocenters. The number of rotatable bonds is 0. The predicted molar refractivity (Wildman–Crippen MR) is 41.9 cm³/mol. The molecule has 0 spiro atoms. The maximum Gasteiger partial charge on any atom is 0.215 e. The van der Waals surface area contributed by atoms with E-state index in [1.54, 1.807) is 22.7 Å². The van der Waals surface area contributed by atoms with E-state index in [9.17, 15) is 0 Å². The van der Waals surface area contributed by atoms with Gasteiger partial charge in [-0.15, -0.1) is 0 Å². The van der Waals surface area contributed by atoms with Gasteiger partial charge in [-0.3, -0.25) is 4.40 Å². The summed E-state index contributed by atoms with van der Waals surface area (Å²) >= 11 is 5.69. The number of halogens is 1. The van der Waals surface area contributed by atoms with Crippen molar-refractivity contribution in [3.63, 3.8) is 0 Å². The summed E-state index contributed by atoms with van der Waals surface area (Å²) in [5, 5.41) is 9.77. The van der Waals surface area contributed by atoms with Crippen LogP contribution in [0.15, 0.2) is 24.5 Å². The Bertz CT molecular complexity index is 396. The van der Waals surface area contributed by atoms with Crippen LogP contribution in [0, 0.1) is 0 Å². The third-order valence-electron chi connectivity index (χ3n) is 1.46. The molecule has 0 aromatic carbocycles. The van der Waals surface area contributed by atoms with E-state index in [4.69, 9.17) is 16.7 Å². The molecule has 2 rings (SSSR count). The lowest BCUT2D eigenvalue weighted by Gasteiger charge is -1.93. The van der Waals surface area contributed by atoms with Crippen molar-refractivity contribution in [3.8, 4) is 5.88 Å². The average Bonchev–Trinajstić information content (AvgIpc) is 2.32. The fourth-order valence-electron chi connectivity index (χ4n) is 0.942. The van der Waals surface area contributed by atoms with Crippen LogP contribution in [0.1, 0.15) is 0 Å². The summed E-state index contributed by atoms with van der Waals surface area (Å²) < 4.78 is 1.55. The van der Waals surface area contributed by atoms with Crippen LogP contribution in [0.4, 0.5) is 0 Å². The molecule has 0 saturated carbocycles. The lowest BCUT2D eigenvalue weighted by Crippen LogP contribution is -1.81. The first-order valence-corrected chi connectivity index (χ1v) is 3.47. The van der Waals surface area contributed by atoms with Gasteiger partial charge in [-0.2, -0.15) is 0 Å². The zero-order valence-corrected chi connectivity index (χ0v) is 6.28. The molecule has 0 aliphatic carbocycles. The molecule has 1 N–H and O–H groups in total. The predicted octanol–water partition coefficient (Wildman–Crippen LogP) is 1.69. The lowest BCUT2D eigenvalue weighted by molar-refractivity contribution is 0.448. The Morgan fingerprint density at radius 2 is 2.36 bits per heavy atom. The molecule has 2 aromatic rings. The van der Waals surface area contributed by atoms with Crippen LogP contribution in [-0.4, -0.2) is 14.5 Å². The highest BCUT2D eigenvalue weighted by Crippen LogP contribution is 2.15. The van der Waals surface area contributed by atoms with Crippen molar-refractivity contribution < 1.29 is 5.11 Å². The maximum atomic E-state index is 9.16. The Kier molecular flexibility index (Phi) is 1.26. The van der Waals surface area contributed by atoms with Gasteiger partial charge in [0.2, 0.25) is 5.88 Å². The average molecular weight is 169 g/mol. The minimum atomic E-state index is 0.122. The number of nitrogens with zero attached hydrogens (tertiary/aromatic N) is 2. The summed E-state index contributed by atoms with van der Waals surface area (Å²) in [6, 6.07) is 3.37. The second-order valence-corrected chi connectivity index (χ2v) is 2.63. The third-order valence-corrected chi connectivity index (χ3v) is 1.69. The molecular formula is C7H5ClN2O. The molecule has 0 radical (unpaired) electrons. The van der Waals surface area contributed by atoms with Gasteiger partial charge in [0.1, 0.15) is 5.65 Å². The molecule has 0 bridgehead atoms. The standard InChI is InChI=1S/C7H5ClN2O/c8-5-1-2-10-6(3-5)9-4-7(10)11/h1-4,11H. The van der Waals surface area contributed by atoms with Gasteiger partial charge in [-0.1, -0.05) is 11.6 Å². The largest absolute Gasteiger partial charge is 0.493 e. The van der Waals surface area contributed by atoms with Crippen molar-refractivity contribution in [1.29, 1.82) is 0 Å². The topological polar surface area (TPSA) is 37.5 Å². The van der Waals surface area contributed by atoms with Gasteiger partial charge in [0.05, 0.1) is 6.20 Å². The summed E-state index contributed by atoms with van der Waals surface area (Å²) in [6.45, 7) is 0. The maximum absolute atomic E-state index is 9.16. The van der Waals surface area contributed by atoms with Crippen LogP contribution in [0.5, 0.6) is 5.88 Å². The second kappa shape index (κ2) is 2.13. The SMILES string of the molecule is Oc1cnc2cc(Cl)ccn12. The Morgan fingerprint density at radius 3 is 3.18 bits per heavy atom. The number of fused-ring (bicyclic) bond motifs is 1. The Morgan fingerprint density at radius 1 is 1.55 bits per heavy atom. The van der Waals surface area contributed by atoms with Gasteiger partial charge in [-0.25, -0.2) is 4.98 Å². The molecule has 0 fully saturated rings. The second-order valence-electron chi connectivity index (χ2n) is 2.19. The molecule has 56 valence electrons. The van der Waals surface area contributed by atoms with Gasteiger partial charge in [-0.05, 0) is 6.07 Å². The first-order chi connectivity index (χ1) is 5.27. The zero-order chi connectivity index (χ0) is 7.84. The van der Waals surface area contributed by atoms with E-state index in [2.05, 4.69) is 4.98 Å². The normalized spacial score (nSPS) is 10.6. The van der Waals surface area contributed by atoms with Crippen molar-refractivity contribution in [3.05, 3.63) is 29.5 Å². The summed E-state index contributed by atoms with van der Waals surface area (Å²) in [7, 11) is 0. The van der Waals surface area contributed by atoms with Crippen molar-refractivity contribution in [2.45, 2.75) is 0 Å². The van der Waals surface area contributed by atoms with Gasteiger partial charge < -0.3 is 5.11 Å². The van der Waals surface area contributed by atoms with Crippen molar-refractivity contribution in [1.82, 2.24) is 9.38 Å². The minimum absolute atomic E-state index is 0.122. The van der Waals surface area contributed by atoms with Crippen LogP contribution < -0.4 is 0 Å². The summed E-state index contributed by atoms with van der Waals surface area (Å²) in [4.78, 5) is 3.91. The lowest BCUT2D eigenvalue weighted by atomic mass is 10.5. The monoisotopic (exact) mass is 168 g/mol. The van der Waals surface area contributed by atoms with Gasteiger partial charge in [0, 0.05) is 17.3 Å². The summed E-state index contributed by atoms with van der Waals surface area (Å²) in [5.74, 6) is 0.122. The highest BCUT2D eigenvalue weighted by atomic mass is 35.5. The van der Waals surface area contributed by atoms with Crippen LogP contribution >= 0.6 is 11.6 Å². The molecule has 2 heterocycles. The zero-order valence-electron chi connectivity index (χ0n) is 5.53. The molecule has 11 heavy (non-hydrogen) atoms. The van der Waals surface area contributed by atoms with E-state index in [1.807, 2.05) is 0 Å². The highest BCUT2D eigenvalue weighted by Gasteiger charge is 1.99. The van der Waals surface area contributed by atoms with Gasteiger partial charge >= 0.3 is 0 Å². The first-order valence-electron chi connectivity index (χ1n) is 3.09. The number of aromatic nitrogens is 2. The molecule has 0 saturated heterocycles. The van der Waals surface area contributed by atoms with E-state index < -0.39 is 0 Å². The third kappa shape index (κ3) is 0.935. The number of aromatic hydroxyl groups is 1. The quantitative estimate of drug-likeness (QED) is 0.650. The number of imidazole rings is 1. The number of hydrogen-bond donors (Lipinski definition) is 1. The van der Waals surface area contributed by atoms with Crippen molar-refractivity contribution in [2.75, 3.05) is 0 Å². The highest BCUT2D eigenvalue weighted by molar-refractivity contribution is 6.30. The fraction of sp³-hybridized carbons (Fsp3) is 0. The number of pyridine rings is 1. The van der Waals surface area contributed by atoms with E-state index in [-0.39, 0.29) is 5.88 Å². The fourth-order valence-corrected chi connectivity index (χ4v) is 1.10. The van der Waals surface area contributed by atoms with Crippen LogP contribution in [0.25, 0.3) is 5.65 Å². The summed E-state index contributed by atoms with van der Waals surface area (Å²) in [6.07, 6.45) is 3.05. The Balaban J connectivity index is 2.86. The molecule has 3 nitrogen and oxygen atoms in total.